The monoisotopic (exact) mass is 370 g/mol. The van der Waals surface area contributed by atoms with Gasteiger partial charge in [-0.25, -0.2) is 0 Å². The Kier molecular flexibility index (Phi) is 4.54. The maximum Gasteiger partial charge on any atom is 0.259 e. The van der Waals surface area contributed by atoms with Gasteiger partial charge in [0, 0.05) is 15.6 Å². The van der Waals surface area contributed by atoms with Gasteiger partial charge < -0.3 is 4.42 Å². The lowest BCUT2D eigenvalue weighted by Crippen LogP contribution is -2.22. The molecule has 8 heteroatoms. The van der Waals surface area contributed by atoms with Crippen LogP contribution in [0.3, 0.4) is 0 Å². The molecule has 1 amide bonds. The van der Waals surface area contributed by atoms with E-state index >= 15 is 0 Å². The minimum Gasteiger partial charge on any atom is -0.455 e. The van der Waals surface area contributed by atoms with Gasteiger partial charge in [-0.3, -0.25) is 4.79 Å². The first-order valence-electron chi connectivity index (χ1n) is 6.13. The summed E-state index contributed by atoms with van der Waals surface area (Å²) in [5.74, 6) is 1.29. The summed E-state index contributed by atoms with van der Waals surface area (Å²) in [5, 5.41) is 6.30. The summed E-state index contributed by atoms with van der Waals surface area (Å²) in [4.78, 5) is 11.6. The number of carbonyl (C=O) groups is 1. The standard InChI is InChI=1S/C14H8Cl2N2O2S2/c15-9-3-8(4-10(16)5-9)12-2-1-11(20-12)6-17-18-13(19)7-22-14(18)21/h1-6H,7H2/b17-6+. The van der Waals surface area contributed by atoms with Crippen LogP contribution in [0.1, 0.15) is 5.76 Å². The van der Waals surface area contributed by atoms with Crippen LogP contribution in [0.4, 0.5) is 0 Å². The van der Waals surface area contributed by atoms with E-state index in [-0.39, 0.29) is 5.91 Å². The molecule has 1 aromatic heterocycles. The molecule has 0 spiro atoms. The third kappa shape index (κ3) is 3.35. The molecule has 2 aromatic rings. The highest BCUT2D eigenvalue weighted by atomic mass is 35.5. The molecule has 1 aliphatic rings. The predicted molar refractivity (Wildman–Crippen MR) is 93.7 cm³/mol. The van der Waals surface area contributed by atoms with E-state index < -0.39 is 0 Å². The Hall–Kier alpha value is -1.34. The zero-order chi connectivity index (χ0) is 15.7. The Morgan fingerprint density at radius 1 is 1.27 bits per heavy atom. The summed E-state index contributed by atoms with van der Waals surface area (Å²) in [5.41, 5.74) is 0.764. The molecule has 4 nitrogen and oxygen atoms in total. The van der Waals surface area contributed by atoms with Crippen molar-refractivity contribution < 1.29 is 9.21 Å². The molecule has 0 atom stereocenters. The van der Waals surface area contributed by atoms with E-state index in [0.29, 0.717) is 31.6 Å². The number of hydrogen-bond acceptors (Lipinski definition) is 5. The fourth-order valence-electron chi connectivity index (χ4n) is 1.85. The Bertz CT molecular complexity index is 753. The molecule has 0 N–H and O–H groups in total. The van der Waals surface area contributed by atoms with Crippen LogP contribution in [-0.4, -0.2) is 27.2 Å². The normalized spacial score (nSPS) is 15.3. The van der Waals surface area contributed by atoms with Crippen molar-refractivity contribution in [2.45, 2.75) is 0 Å². The number of hydrogen-bond donors (Lipinski definition) is 0. The molecule has 1 aliphatic heterocycles. The fraction of sp³-hybridized carbons (Fsp3) is 0.0714. The summed E-state index contributed by atoms with van der Waals surface area (Å²) < 4.78 is 6.09. The smallest absolute Gasteiger partial charge is 0.259 e. The van der Waals surface area contributed by atoms with Gasteiger partial charge in [0.05, 0.1) is 12.0 Å². The van der Waals surface area contributed by atoms with E-state index in [1.54, 1.807) is 30.3 Å². The van der Waals surface area contributed by atoms with Crippen molar-refractivity contribution in [3.05, 3.63) is 46.1 Å². The largest absolute Gasteiger partial charge is 0.455 e. The number of benzene rings is 1. The van der Waals surface area contributed by atoms with Gasteiger partial charge in [0.1, 0.15) is 11.5 Å². The van der Waals surface area contributed by atoms with Gasteiger partial charge in [0.2, 0.25) is 0 Å². The van der Waals surface area contributed by atoms with Crippen LogP contribution in [0, 0.1) is 0 Å². The van der Waals surface area contributed by atoms with Gasteiger partial charge in [-0.1, -0.05) is 47.2 Å². The number of hydrazone groups is 1. The lowest BCUT2D eigenvalue weighted by molar-refractivity contribution is -0.123. The average Bonchev–Trinajstić information content (AvgIpc) is 3.04. The van der Waals surface area contributed by atoms with E-state index in [1.165, 1.54) is 23.0 Å². The van der Waals surface area contributed by atoms with Crippen LogP contribution < -0.4 is 0 Å². The lowest BCUT2D eigenvalue weighted by Gasteiger charge is -2.05. The number of halogens is 2. The quantitative estimate of drug-likeness (QED) is 0.591. The van der Waals surface area contributed by atoms with E-state index in [9.17, 15) is 4.79 Å². The first kappa shape index (κ1) is 15.6. The Labute approximate surface area is 146 Å². The van der Waals surface area contributed by atoms with E-state index in [0.717, 1.165) is 5.56 Å². The number of rotatable bonds is 3. The second-order valence-electron chi connectivity index (χ2n) is 4.36. The number of carbonyl (C=O) groups excluding carboxylic acids is 1. The average molecular weight is 371 g/mol. The highest BCUT2D eigenvalue weighted by Crippen LogP contribution is 2.28. The van der Waals surface area contributed by atoms with E-state index in [4.69, 9.17) is 39.8 Å². The predicted octanol–water partition coefficient (Wildman–Crippen LogP) is 4.45. The van der Waals surface area contributed by atoms with Crippen molar-refractivity contribution in [3.8, 4) is 11.3 Å². The van der Waals surface area contributed by atoms with Gasteiger partial charge in [-0.2, -0.15) is 10.1 Å². The van der Waals surface area contributed by atoms with Gasteiger partial charge in [0.25, 0.3) is 5.91 Å². The first-order valence-corrected chi connectivity index (χ1v) is 8.28. The Morgan fingerprint density at radius 2 is 2.00 bits per heavy atom. The first-order chi connectivity index (χ1) is 10.5. The van der Waals surface area contributed by atoms with Crippen molar-refractivity contribution in [2.24, 2.45) is 5.10 Å². The number of thiocarbonyl (C=S) groups is 1. The lowest BCUT2D eigenvalue weighted by atomic mass is 10.2. The summed E-state index contributed by atoms with van der Waals surface area (Å²) in [7, 11) is 0. The van der Waals surface area contributed by atoms with E-state index in [2.05, 4.69) is 5.10 Å². The van der Waals surface area contributed by atoms with Crippen molar-refractivity contribution >= 4 is 63.6 Å². The van der Waals surface area contributed by atoms with Crippen LogP contribution in [0.25, 0.3) is 11.3 Å². The number of nitrogens with zero attached hydrogens (tertiary/aromatic N) is 2. The zero-order valence-corrected chi connectivity index (χ0v) is 14.1. The van der Waals surface area contributed by atoms with Gasteiger partial charge in [-0.05, 0) is 30.3 Å². The van der Waals surface area contributed by atoms with Gasteiger partial charge in [0.15, 0.2) is 4.32 Å². The van der Waals surface area contributed by atoms with E-state index in [1.807, 2.05) is 0 Å². The molecule has 0 unspecified atom stereocenters. The highest BCUT2D eigenvalue weighted by Gasteiger charge is 2.26. The topological polar surface area (TPSA) is 45.8 Å². The summed E-state index contributed by atoms with van der Waals surface area (Å²) in [6.45, 7) is 0. The van der Waals surface area contributed by atoms with Crippen LogP contribution in [0.5, 0.6) is 0 Å². The molecule has 0 bridgehead atoms. The van der Waals surface area contributed by atoms with Crippen LogP contribution in [0.2, 0.25) is 10.0 Å². The molecular formula is C14H8Cl2N2O2S2. The van der Waals surface area contributed by atoms with Crippen molar-refractivity contribution in [3.63, 3.8) is 0 Å². The third-order valence-corrected chi connectivity index (χ3v) is 4.58. The second-order valence-corrected chi connectivity index (χ2v) is 6.85. The van der Waals surface area contributed by atoms with Crippen molar-refractivity contribution in [2.75, 3.05) is 5.75 Å². The summed E-state index contributed by atoms with van der Waals surface area (Å²) >= 11 is 18.3. The summed E-state index contributed by atoms with van der Waals surface area (Å²) in [6, 6.07) is 8.67. The number of amides is 1. The van der Waals surface area contributed by atoms with Crippen LogP contribution in [-0.2, 0) is 4.79 Å². The van der Waals surface area contributed by atoms with Crippen molar-refractivity contribution in [1.82, 2.24) is 5.01 Å². The third-order valence-electron chi connectivity index (χ3n) is 2.80. The molecule has 0 saturated carbocycles. The molecule has 0 radical (unpaired) electrons. The zero-order valence-electron chi connectivity index (χ0n) is 11.0. The summed E-state index contributed by atoms with van der Waals surface area (Å²) in [6.07, 6.45) is 1.45. The Balaban J connectivity index is 1.82. The minimum absolute atomic E-state index is 0.139. The Morgan fingerprint density at radius 3 is 2.64 bits per heavy atom. The van der Waals surface area contributed by atoms with Gasteiger partial charge >= 0.3 is 0 Å². The molecule has 3 rings (SSSR count). The fourth-order valence-corrected chi connectivity index (χ4v) is 3.34. The number of furan rings is 1. The molecule has 2 heterocycles. The van der Waals surface area contributed by atoms with Crippen LogP contribution in [0.15, 0.2) is 39.9 Å². The number of thioether (sulfide) groups is 1. The second kappa shape index (κ2) is 6.42. The molecule has 112 valence electrons. The van der Waals surface area contributed by atoms with Crippen molar-refractivity contribution in [1.29, 1.82) is 0 Å². The van der Waals surface area contributed by atoms with Gasteiger partial charge in [-0.15, -0.1) is 0 Å². The molecule has 0 aliphatic carbocycles. The minimum atomic E-state index is -0.139. The SMILES string of the molecule is O=C1CSC(=S)N1/N=C/c1ccc(-c2cc(Cl)cc(Cl)c2)o1. The molecular weight excluding hydrogens is 363 g/mol. The maximum absolute atomic E-state index is 11.6. The molecule has 1 fully saturated rings. The maximum atomic E-state index is 11.6. The molecule has 22 heavy (non-hydrogen) atoms. The van der Waals surface area contributed by atoms with Crippen LogP contribution >= 0.6 is 47.2 Å². The highest BCUT2D eigenvalue weighted by molar-refractivity contribution is 8.23. The molecule has 1 saturated heterocycles. The molecule has 1 aromatic carbocycles.